The summed E-state index contributed by atoms with van der Waals surface area (Å²) in [6, 6.07) is -0.405. The molecule has 1 aliphatic heterocycles. The first-order valence-corrected chi connectivity index (χ1v) is 4.22. The maximum atomic E-state index is 11.1. The Morgan fingerprint density at radius 2 is 2.29 bits per heavy atom. The number of hydroxylamine groups is 1. The van der Waals surface area contributed by atoms with Gasteiger partial charge in [0.25, 0.3) is 5.91 Å². The quantitative estimate of drug-likeness (QED) is 0.671. The molecule has 2 N–H and O–H groups in total. The Balaban J connectivity index is 2.03. The third-order valence-corrected chi connectivity index (χ3v) is 1.82. The lowest BCUT2D eigenvalue weighted by atomic mass is 10.3. The maximum absolute atomic E-state index is 11.1. The molecule has 1 aliphatic rings. The summed E-state index contributed by atoms with van der Waals surface area (Å²) in [4.78, 5) is 23.9. The van der Waals surface area contributed by atoms with Gasteiger partial charge in [0, 0.05) is 12.4 Å². The third-order valence-electron chi connectivity index (χ3n) is 1.82. The molecule has 14 heavy (non-hydrogen) atoms. The smallest absolute Gasteiger partial charge is 0.268 e. The Labute approximate surface area is 80.7 Å². The molecule has 1 atom stereocenters. The fraction of sp³-hybridized carbons (Fsp3) is 0.375. The predicted molar refractivity (Wildman–Crippen MR) is 48.3 cm³/mol. The fourth-order valence-electron chi connectivity index (χ4n) is 1.07. The van der Waals surface area contributed by atoms with Gasteiger partial charge in [0.05, 0.1) is 0 Å². The highest BCUT2D eigenvalue weighted by Crippen LogP contribution is 2.04. The molecule has 2 rings (SSSR count). The van der Waals surface area contributed by atoms with Crippen LogP contribution in [-0.2, 0) is 9.63 Å². The molecule has 1 fully saturated rings. The minimum atomic E-state index is -0.405. The van der Waals surface area contributed by atoms with Crippen molar-refractivity contribution < 1.29 is 9.63 Å². The van der Waals surface area contributed by atoms with E-state index in [9.17, 15) is 4.79 Å². The van der Waals surface area contributed by atoms with Crippen LogP contribution in [0.1, 0.15) is 5.56 Å². The van der Waals surface area contributed by atoms with E-state index in [0.717, 1.165) is 5.56 Å². The normalized spacial score (nSPS) is 20.6. The van der Waals surface area contributed by atoms with Crippen molar-refractivity contribution in [1.29, 1.82) is 0 Å². The summed E-state index contributed by atoms with van der Waals surface area (Å²) in [5, 5.41) is 2.86. The summed E-state index contributed by atoms with van der Waals surface area (Å²) in [5.41, 5.74) is 3.22. The Morgan fingerprint density at radius 1 is 1.57 bits per heavy atom. The van der Waals surface area contributed by atoms with Crippen LogP contribution < -0.4 is 10.8 Å². The van der Waals surface area contributed by atoms with Crippen molar-refractivity contribution >= 4 is 11.9 Å². The zero-order valence-corrected chi connectivity index (χ0v) is 7.65. The van der Waals surface area contributed by atoms with E-state index in [4.69, 9.17) is 4.84 Å². The summed E-state index contributed by atoms with van der Waals surface area (Å²) in [6.07, 6.45) is 3.37. The molecular formula is C8H10N4O2. The highest BCUT2D eigenvalue weighted by molar-refractivity contribution is 5.84. The maximum Gasteiger partial charge on any atom is 0.268 e. The first-order chi connectivity index (χ1) is 6.75. The number of aryl methyl sites for hydroxylation is 1. The third kappa shape index (κ3) is 1.80. The van der Waals surface area contributed by atoms with E-state index in [-0.39, 0.29) is 12.5 Å². The van der Waals surface area contributed by atoms with Gasteiger partial charge >= 0.3 is 0 Å². The van der Waals surface area contributed by atoms with Crippen molar-refractivity contribution in [2.24, 2.45) is 0 Å². The molecule has 1 amide bonds. The van der Waals surface area contributed by atoms with Gasteiger partial charge in [-0.2, -0.15) is 0 Å². The highest BCUT2D eigenvalue weighted by Gasteiger charge is 2.25. The Hall–Kier alpha value is -1.69. The highest BCUT2D eigenvalue weighted by atomic mass is 16.7. The van der Waals surface area contributed by atoms with Gasteiger partial charge in [0.2, 0.25) is 5.95 Å². The number of carbonyl (C=O) groups is 1. The number of carbonyl (C=O) groups excluding carboxylic acids is 1. The predicted octanol–water partition coefficient (Wildman–Crippen LogP) is -0.373. The molecule has 1 unspecified atom stereocenters. The van der Waals surface area contributed by atoms with Crippen molar-refractivity contribution in [3.8, 4) is 0 Å². The molecule has 0 spiro atoms. The van der Waals surface area contributed by atoms with Gasteiger partial charge in [0.15, 0.2) is 0 Å². The number of nitrogens with one attached hydrogen (secondary N) is 2. The fourth-order valence-corrected chi connectivity index (χ4v) is 1.07. The summed E-state index contributed by atoms with van der Waals surface area (Å²) >= 11 is 0. The molecule has 74 valence electrons. The molecular weight excluding hydrogens is 184 g/mol. The van der Waals surface area contributed by atoms with E-state index in [0.29, 0.717) is 5.95 Å². The van der Waals surface area contributed by atoms with Gasteiger partial charge < -0.3 is 5.32 Å². The van der Waals surface area contributed by atoms with Crippen LogP contribution in [0.3, 0.4) is 0 Å². The van der Waals surface area contributed by atoms with Gasteiger partial charge in [-0.3, -0.25) is 9.63 Å². The van der Waals surface area contributed by atoms with E-state index >= 15 is 0 Å². The molecule has 2 heterocycles. The lowest BCUT2D eigenvalue weighted by Crippen LogP contribution is -2.31. The number of hydrogen-bond donors (Lipinski definition) is 2. The first kappa shape index (κ1) is 8.89. The van der Waals surface area contributed by atoms with Crippen LogP contribution in [0.15, 0.2) is 12.4 Å². The van der Waals surface area contributed by atoms with Crippen LogP contribution in [0.2, 0.25) is 0 Å². The van der Waals surface area contributed by atoms with Gasteiger partial charge in [-0.05, 0) is 12.5 Å². The molecule has 0 radical (unpaired) electrons. The van der Waals surface area contributed by atoms with Gasteiger partial charge in [-0.1, -0.05) is 0 Å². The van der Waals surface area contributed by atoms with Gasteiger partial charge in [0.1, 0.15) is 12.6 Å². The van der Waals surface area contributed by atoms with E-state index in [1.807, 2.05) is 6.92 Å². The molecule has 1 aromatic rings. The van der Waals surface area contributed by atoms with Crippen LogP contribution in [0.4, 0.5) is 5.95 Å². The number of anilines is 1. The van der Waals surface area contributed by atoms with Crippen molar-refractivity contribution in [3.05, 3.63) is 18.0 Å². The lowest BCUT2D eigenvalue weighted by molar-refractivity contribution is -0.124. The summed E-state index contributed by atoms with van der Waals surface area (Å²) < 4.78 is 0. The molecule has 6 heteroatoms. The minimum Gasteiger partial charge on any atom is -0.340 e. The largest absolute Gasteiger partial charge is 0.340 e. The zero-order valence-electron chi connectivity index (χ0n) is 7.65. The standard InChI is InChI=1S/C8H10N4O2/c1-5-2-9-8(10-3-5)11-6-4-14-12-7(6)13/h2-3,6H,4H2,1H3,(H,12,13)(H,9,10,11). The molecule has 0 aliphatic carbocycles. The van der Waals surface area contributed by atoms with E-state index < -0.39 is 6.04 Å². The van der Waals surface area contributed by atoms with Crippen LogP contribution in [-0.4, -0.2) is 28.5 Å². The van der Waals surface area contributed by atoms with Crippen LogP contribution in [0, 0.1) is 6.92 Å². The van der Waals surface area contributed by atoms with Gasteiger partial charge in [-0.25, -0.2) is 15.4 Å². The number of rotatable bonds is 2. The molecule has 6 nitrogen and oxygen atoms in total. The topological polar surface area (TPSA) is 76.1 Å². The Kier molecular flexibility index (Phi) is 2.28. The number of aromatic nitrogens is 2. The van der Waals surface area contributed by atoms with Crippen molar-refractivity contribution in [3.63, 3.8) is 0 Å². The zero-order chi connectivity index (χ0) is 9.97. The van der Waals surface area contributed by atoms with Crippen LogP contribution >= 0.6 is 0 Å². The van der Waals surface area contributed by atoms with Gasteiger partial charge in [-0.15, -0.1) is 0 Å². The Morgan fingerprint density at radius 3 is 2.86 bits per heavy atom. The lowest BCUT2D eigenvalue weighted by Gasteiger charge is -2.07. The first-order valence-electron chi connectivity index (χ1n) is 4.22. The average molecular weight is 194 g/mol. The van der Waals surface area contributed by atoms with E-state index in [1.165, 1.54) is 0 Å². The molecule has 1 aromatic heterocycles. The van der Waals surface area contributed by atoms with Crippen LogP contribution in [0.5, 0.6) is 0 Å². The monoisotopic (exact) mass is 194 g/mol. The second kappa shape index (κ2) is 3.59. The molecule has 0 bridgehead atoms. The van der Waals surface area contributed by atoms with Crippen molar-refractivity contribution in [2.75, 3.05) is 11.9 Å². The number of nitrogens with zero attached hydrogens (tertiary/aromatic N) is 2. The van der Waals surface area contributed by atoms with Crippen molar-refractivity contribution in [2.45, 2.75) is 13.0 Å². The molecule has 0 aromatic carbocycles. The minimum absolute atomic E-state index is 0.200. The number of hydrogen-bond acceptors (Lipinski definition) is 5. The second-order valence-electron chi connectivity index (χ2n) is 3.06. The number of amides is 1. The molecule has 1 saturated heterocycles. The van der Waals surface area contributed by atoms with E-state index in [1.54, 1.807) is 12.4 Å². The van der Waals surface area contributed by atoms with E-state index in [2.05, 4.69) is 20.8 Å². The SMILES string of the molecule is Cc1cnc(NC2CONC2=O)nc1. The summed E-state index contributed by atoms with van der Waals surface area (Å²) in [5.74, 6) is 0.232. The Bertz CT molecular complexity index is 338. The van der Waals surface area contributed by atoms with Crippen LogP contribution in [0.25, 0.3) is 0 Å². The average Bonchev–Trinajstić information content (AvgIpc) is 2.56. The van der Waals surface area contributed by atoms with Crippen molar-refractivity contribution in [1.82, 2.24) is 15.4 Å². The second-order valence-corrected chi connectivity index (χ2v) is 3.06. The summed E-state index contributed by atoms with van der Waals surface area (Å²) in [6.45, 7) is 2.19. The summed E-state index contributed by atoms with van der Waals surface area (Å²) in [7, 11) is 0. The molecule has 0 saturated carbocycles.